The van der Waals surface area contributed by atoms with Crippen LogP contribution in [0.2, 0.25) is 0 Å². The molecular weight excluding hydrogens is 312 g/mol. The fraction of sp³-hybridized carbons (Fsp3) is 0.0476. The summed E-state index contributed by atoms with van der Waals surface area (Å²) < 4.78 is 0. The minimum Gasteiger partial charge on any atom is -0.397 e. The van der Waals surface area contributed by atoms with Crippen molar-refractivity contribution in [2.75, 3.05) is 11.5 Å². The monoisotopic (exact) mass is 328 g/mol. The van der Waals surface area contributed by atoms with Crippen LogP contribution in [-0.2, 0) is 0 Å². The molecule has 0 atom stereocenters. The van der Waals surface area contributed by atoms with Gasteiger partial charge in [-0.1, -0.05) is 54.1 Å². The quantitative estimate of drug-likeness (QED) is 0.523. The largest absolute Gasteiger partial charge is 0.397 e. The molecule has 0 saturated carbocycles. The van der Waals surface area contributed by atoms with Crippen LogP contribution in [0, 0.1) is 6.92 Å². The Balaban J connectivity index is 2.07. The highest BCUT2D eigenvalue weighted by atomic mass is 16.1. The first-order valence-electron chi connectivity index (χ1n) is 7.96. The van der Waals surface area contributed by atoms with Crippen LogP contribution >= 0.6 is 0 Å². The zero-order valence-electron chi connectivity index (χ0n) is 13.7. The lowest BCUT2D eigenvalue weighted by molar-refractivity contribution is 0.0980. The Morgan fingerprint density at radius 2 is 1.28 bits per heavy atom. The first-order valence-corrected chi connectivity index (χ1v) is 7.96. The topological polar surface area (TPSA) is 86.2 Å². The Kier molecular flexibility index (Phi) is 3.22. The van der Waals surface area contributed by atoms with Gasteiger partial charge in [-0.05, 0) is 24.1 Å². The maximum Gasteiger partial charge on any atom is 0.196 e. The number of carbonyl (C=O) groups excluding carboxylic acids is 2. The van der Waals surface area contributed by atoms with Gasteiger partial charge in [0.1, 0.15) is 0 Å². The molecule has 0 aliphatic heterocycles. The molecule has 1 aliphatic rings. The highest BCUT2D eigenvalue weighted by molar-refractivity contribution is 6.32. The second kappa shape index (κ2) is 5.31. The van der Waals surface area contributed by atoms with Gasteiger partial charge in [-0.3, -0.25) is 9.59 Å². The number of aryl methyl sites for hydroxylation is 1. The predicted molar refractivity (Wildman–Crippen MR) is 98.7 cm³/mol. The van der Waals surface area contributed by atoms with E-state index in [0.29, 0.717) is 27.9 Å². The molecule has 0 saturated heterocycles. The van der Waals surface area contributed by atoms with E-state index in [1.165, 1.54) is 0 Å². The van der Waals surface area contributed by atoms with Crippen LogP contribution in [0.25, 0.3) is 11.1 Å². The maximum atomic E-state index is 13.1. The van der Waals surface area contributed by atoms with Crippen molar-refractivity contribution in [2.45, 2.75) is 6.92 Å². The van der Waals surface area contributed by atoms with Gasteiger partial charge in [0, 0.05) is 16.7 Å². The standard InChI is InChI=1S/C21H16N2O2/c1-11-6-8-12(9-7-11)15-10-16(22)19(23)18-17(15)20(24)13-4-2-3-5-14(13)21(18)25/h2-10H,22-23H2,1H3. The Hall–Kier alpha value is -3.40. The zero-order valence-corrected chi connectivity index (χ0v) is 13.7. The van der Waals surface area contributed by atoms with Crippen molar-refractivity contribution in [1.29, 1.82) is 0 Å². The third-order valence-corrected chi connectivity index (χ3v) is 4.63. The van der Waals surface area contributed by atoms with Gasteiger partial charge in [0.05, 0.1) is 16.9 Å². The number of anilines is 2. The van der Waals surface area contributed by atoms with Gasteiger partial charge < -0.3 is 11.5 Å². The normalized spacial score (nSPS) is 12.7. The Bertz CT molecular complexity index is 1050. The molecule has 1 aliphatic carbocycles. The molecule has 4 N–H and O–H groups in total. The molecular formula is C21H16N2O2. The summed E-state index contributed by atoms with van der Waals surface area (Å²) in [5.41, 5.74) is 16.5. The van der Waals surface area contributed by atoms with Crippen molar-refractivity contribution in [3.05, 3.63) is 82.4 Å². The van der Waals surface area contributed by atoms with Gasteiger partial charge in [-0.25, -0.2) is 0 Å². The van der Waals surface area contributed by atoms with Gasteiger partial charge in [-0.2, -0.15) is 0 Å². The van der Waals surface area contributed by atoms with Crippen molar-refractivity contribution < 1.29 is 9.59 Å². The van der Waals surface area contributed by atoms with E-state index in [1.54, 1.807) is 30.3 Å². The number of rotatable bonds is 1. The summed E-state index contributed by atoms with van der Waals surface area (Å²) >= 11 is 0. The van der Waals surface area contributed by atoms with Crippen LogP contribution in [0.5, 0.6) is 0 Å². The van der Waals surface area contributed by atoms with Crippen molar-refractivity contribution >= 4 is 22.9 Å². The van der Waals surface area contributed by atoms with Crippen LogP contribution in [0.3, 0.4) is 0 Å². The second-order valence-corrected chi connectivity index (χ2v) is 6.25. The third-order valence-electron chi connectivity index (χ3n) is 4.63. The van der Waals surface area contributed by atoms with Crippen LogP contribution in [0.15, 0.2) is 54.6 Å². The smallest absolute Gasteiger partial charge is 0.196 e. The number of fused-ring (bicyclic) bond motifs is 2. The highest BCUT2D eigenvalue weighted by Crippen LogP contribution is 2.40. The van der Waals surface area contributed by atoms with Crippen molar-refractivity contribution in [2.24, 2.45) is 0 Å². The number of hydrogen-bond donors (Lipinski definition) is 2. The number of hydrogen-bond acceptors (Lipinski definition) is 4. The van der Waals surface area contributed by atoms with Gasteiger partial charge >= 0.3 is 0 Å². The lowest BCUT2D eigenvalue weighted by Gasteiger charge is -2.23. The molecule has 4 rings (SSSR count). The molecule has 0 heterocycles. The molecule has 3 aromatic carbocycles. The first kappa shape index (κ1) is 15.1. The number of benzene rings is 3. The molecule has 122 valence electrons. The molecule has 0 fully saturated rings. The Morgan fingerprint density at radius 1 is 0.720 bits per heavy atom. The minimum atomic E-state index is -0.261. The molecule has 3 aromatic rings. The Morgan fingerprint density at radius 3 is 1.88 bits per heavy atom. The van der Waals surface area contributed by atoms with Crippen LogP contribution < -0.4 is 11.5 Å². The molecule has 0 spiro atoms. The average molecular weight is 328 g/mol. The van der Waals surface area contributed by atoms with Crippen molar-refractivity contribution in [3.63, 3.8) is 0 Å². The summed E-state index contributed by atoms with van der Waals surface area (Å²) in [4.78, 5) is 26.1. The van der Waals surface area contributed by atoms with E-state index >= 15 is 0 Å². The summed E-state index contributed by atoms with van der Waals surface area (Å²) in [5, 5.41) is 0. The lowest BCUT2D eigenvalue weighted by atomic mass is 9.79. The molecule has 0 unspecified atom stereocenters. The van der Waals surface area contributed by atoms with Gasteiger partial charge in [0.25, 0.3) is 0 Å². The van der Waals surface area contributed by atoms with Crippen LogP contribution in [0.4, 0.5) is 11.4 Å². The van der Waals surface area contributed by atoms with E-state index < -0.39 is 0 Å². The highest BCUT2D eigenvalue weighted by Gasteiger charge is 2.34. The van der Waals surface area contributed by atoms with E-state index in [9.17, 15) is 9.59 Å². The van der Waals surface area contributed by atoms with E-state index in [4.69, 9.17) is 11.5 Å². The second-order valence-electron chi connectivity index (χ2n) is 6.25. The van der Waals surface area contributed by atoms with E-state index in [-0.39, 0.29) is 22.8 Å². The maximum absolute atomic E-state index is 13.1. The van der Waals surface area contributed by atoms with Crippen LogP contribution in [-0.4, -0.2) is 11.6 Å². The van der Waals surface area contributed by atoms with Gasteiger partial charge in [-0.15, -0.1) is 0 Å². The number of ketones is 2. The summed E-state index contributed by atoms with van der Waals surface area (Å²) in [7, 11) is 0. The first-order chi connectivity index (χ1) is 12.0. The van der Waals surface area contributed by atoms with Gasteiger partial charge in [0.2, 0.25) is 0 Å². The number of nitrogens with two attached hydrogens (primary N) is 2. The zero-order chi connectivity index (χ0) is 17.7. The molecule has 4 nitrogen and oxygen atoms in total. The predicted octanol–water partition coefficient (Wildman–Crippen LogP) is 3.60. The van der Waals surface area contributed by atoms with Crippen molar-refractivity contribution in [3.8, 4) is 11.1 Å². The van der Waals surface area contributed by atoms with Crippen LogP contribution in [0.1, 0.15) is 37.4 Å². The molecule has 0 amide bonds. The fourth-order valence-corrected chi connectivity index (χ4v) is 3.30. The van der Waals surface area contributed by atoms with E-state index in [0.717, 1.165) is 11.1 Å². The molecule has 0 radical (unpaired) electrons. The number of carbonyl (C=O) groups is 2. The SMILES string of the molecule is Cc1ccc(-c2cc(N)c(N)c3c2C(=O)c2ccccc2C3=O)cc1. The van der Waals surface area contributed by atoms with Crippen molar-refractivity contribution in [1.82, 2.24) is 0 Å². The summed E-state index contributed by atoms with van der Waals surface area (Å²) in [6, 6.07) is 16.2. The summed E-state index contributed by atoms with van der Waals surface area (Å²) in [6.07, 6.45) is 0. The Labute approximate surface area is 145 Å². The summed E-state index contributed by atoms with van der Waals surface area (Å²) in [6.45, 7) is 1.99. The van der Waals surface area contributed by atoms with Gasteiger partial charge in [0.15, 0.2) is 11.6 Å². The molecule has 0 aromatic heterocycles. The molecule has 25 heavy (non-hydrogen) atoms. The minimum absolute atomic E-state index is 0.165. The summed E-state index contributed by atoms with van der Waals surface area (Å²) in [5.74, 6) is -0.462. The third kappa shape index (κ3) is 2.15. The molecule has 0 bridgehead atoms. The number of nitrogen functional groups attached to an aromatic ring is 2. The molecule has 4 heteroatoms. The lowest BCUT2D eigenvalue weighted by Crippen LogP contribution is -2.24. The van der Waals surface area contributed by atoms with E-state index in [2.05, 4.69) is 0 Å². The fourth-order valence-electron chi connectivity index (χ4n) is 3.30. The average Bonchev–Trinajstić information content (AvgIpc) is 2.62. The van der Waals surface area contributed by atoms with E-state index in [1.807, 2.05) is 31.2 Å².